The Morgan fingerprint density at radius 3 is 2.67 bits per heavy atom. The zero-order valence-corrected chi connectivity index (χ0v) is 13.0. The highest BCUT2D eigenvalue weighted by Gasteiger charge is 2.23. The first-order valence-electron chi connectivity index (χ1n) is 6.59. The summed E-state index contributed by atoms with van der Waals surface area (Å²) in [7, 11) is 0. The number of amides is 1. The van der Waals surface area contributed by atoms with E-state index in [0.717, 1.165) is 6.42 Å². The molecule has 0 saturated carbocycles. The molecule has 0 radical (unpaired) electrons. The van der Waals surface area contributed by atoms with E-state index in [2.05, 4.69) is 15.3 Å². The van der Waals surface area contributed by atoms with Gasteiger partial charge < -0.3 is 15.4 Å². The quantitative estimate of drug-likeness (QED) is 0.514. The van der Waals surface area contributed by atoms with Gasteiger partial charge in [-0.2, -0.15) is 4.98 Å². The number of carboxylic acid groups (broad SMARTS) is 1. The van der Waals surface area contributed by atoms with Crippen LogP contribution in [0.3, 0.4) is 0 Å². The Morgan fingerprint density at radius 2 is 2.14 bits per heavy atom. The van der Waals surface area contributed by atoms with Crippen LogP contribution in [0.25, 0.3) is 0 Å². The molecule has 1 rings (SSSR count). The number of nitrogens with zero attached hydrogens (tertiary/aromatic N) is 1. The Morgan fingerprint density at radius 1 is 1.48 bits per heavy atom. The van der Waals surface area contributed by atoms with Crippen LogP contribution in [0.1, 0.15) is 42.2 Å². The topological polar surface area (TPSA) is 112 Å². The minimum atomic E-state index is -1.07. The van der Waals surface area contributed by atoms with E-state index in [1.165, 1.54) is 11.8 Å². The average molecular weight is 313 g/mol. The molecule has 3 N–H and O–H groups in total. The third-order valence-electron chi connectivity index (χ3n) is 2.96. The fourth-order valence-electron chi connectivity index (χ4n) is 1.87. The maximum absolute atomic E-state index is 12.3. The number of aryl methyl sites for hydroxylation is 1. The first kappa shape index (κ1) is 17.2. The molecule has 0 bridgehead atoms. The summed E-state index contributed by atoms with van der Waals surface area (Å²) >= 11 is 1.17. The summed E-state index contributed by atoms with van der Waals surface area (Å²) in [5, 5.41) is 11.9. The average Bonchev–Trinajstić information content (AvgIpc) is 2.41. The zero-order chi connectivity index (χ0) is 16.0. The Labute approximate surface area is 126 Å². The molecule has 0 spiro atoms. The number of carboxylic acids is 1. The smallest absolute Gasteiger partial charge is 0.346 e. The van der Waals surface area contributed by atoms with E-state index >= 15 is 0 Å². The van der Waals surface area contributed by atoms with Crippen molar-refractivity contribution in [2.24, 2.45) is 0 Å². The van der Waals surface area contributed by atoms with Gasteiger partial charge in [-0.15, -0.1) is 11.8 Å². The second-order valence-electron chi connectivity index (χ2n) is 4.56. The van der Waals surface area contributed by atoms with Gasteiger partial charge in [0.2, 0.25) is 0 Å². The predicted molar refractivity (Wildman–Crippen MR) is 79.8 cm³/mol. The summed E-state index contributed by atoms with van der Waals surface area (Å²) in [5.74, 6) is -1.61. The van der Waals surface area contributed by atoms with Crippen LogP contribution in [0.5, 0.6) is 0 Å². The fraction of sp³-hybridized carbons (Fsp3) is 0.538. The van der Waals surface area contributed by atoms with Gasteiger partial charge in [-0.3, -0.25) is 4.79 Å². The molecule has 1 atom stereocenters. The number of thioether (sulfide) groups is 1. The zero-order valence-electron chi connectivity index (χ0n) is 12.2. The maximum Gasteiger partial charge on any atom is 0.346 e. The van der Waals surface area contributed by atoms with Gasteiger partial charge in [-0.1, -0.05) is 19.8 Å². The number of hydrogen-bond donors (Lipinski definition) is 3. The van der Waals surface area contributed by atoms with Crippen LogP contribution in [0.4, 0.5) is 0 Å². The number of aliphatic carboxylic acids is 1. The minimum Gasteiger partial charge on any atom is -0.480 e. The highest BCUT2D eigenvalue weighted by Crippen LogP contribution is 2.18. The third-order valence-corrected chi connectivity index (χ3v) is 3.64. The molecule has 21 heavy (non-hydrogen) atoms. The van der Waals surface area contributed by atoms with Gasteiger partial charge in [-0.25, -0.2) is 9.59 Å². The fourth-order valence-corrected chi connectivity index (χ4v) is 2.49. The third kappa shape index (κ3) is 4.59. The number of carbonyl (C=O) groups is 2. The Hall–Kier alpha value is -1.83. The van der Waals surface area contributed by atoms with Crippen LogP contribution in [0.2, 0.25) is 0 Å². The van der Waals surface area contributed by atoms with Crippen molar-refractivity contribution < 1.29 is 14.7 Å². The van der Waals surface area contributed by atoms with Gasteiger partial charge in [0.15, 0.2) is 0 Å². The number of aromatic amines is 1. The van der Waals surface area contributed by atoms with Gasteiger partial charge in [0.1, 0.15) is 11.1 Å². The summed E-state index contributed by atoms with van der Waals surface area (Å²) in [6.07, 6.45) is 3.61. The first-order chi connectivity index (χ1) is 9.90. The summed E-state index contributed by atoms with van der Waals surface area (Å²) in [6.45, 7) is 3.53. The molecule has 116 valence electrons. The van der Waals surface area contributed by atoms with Crippen LogP contribution < -0.4 is 11.0 Å². The first-order valence-corrected chi connectivity index (χ1v) is 7.81. The van der Waals surface area contributed by atoms with Crippen LogP contribution in [-0.4, -0.2) is 39.2 Å². The lowest BCUT2D eigenvalue weighted by Gasteiger charge is -2.16. The van der Waals surface area contributed by atoms with Gasteiger partial charge >= 0.3 is 11.7 Å². The number of hydrogen-bond acceptors (Lipinski definition) is 5. The van der Waals surface area contributed by atoms with E-state index in [4.69, 9.17) is 5.11 Å². The van der Waals surface area contributed by atoms with Crippen LogP contribution in [-0.2, 0) is 4.79 Å². The molecule has 8 heteroatoms. The van der Waals surface area contributed by atoms with Gasteiger partial charge in [0.25, 0.3) is 5.91 Å². The normalized spacial score (nSPS) is 12.0. The number of aromatic nitrogens is 2. The van der Waals surface area contributed by atoms with Crippen molar-refractivity contribution in [2.75, 3.05) is 6.26 Å². The molecule has 0 aliphatic rings. The largest absolute Gasteiger partial charge is 0.480 e. The molecular formula is C13H19N3O4S. The molecule has 1 amide bonds. The lowest BCUT2D eigenvalue weighted by molar-refractivity contribution is -0.139. The highest BCUT2D eigenvalue weighted by atomic mass is 32.2. The Kier molecular flexibility index (Phi) is 6.41. The van der Waals surface area contributed by atoms with Crippen molar-refractivity contribution in [3.8, 4) is 0 Å². The van der Waals surface area contributed by atoms with Gasteiger partial charge in [0, 0.05) is 5.69 Å². The molecule has 1 heterocycles. The van der Waals surface area contributed by atoms with Crippen molar-refractivity contribution in [2.45, 2.75) is 44.2 Å². The van der Waals surface area contributed by atoms with Crippen LogP contribution in [0, 0.1) is 6.92 Å². The minimum absolute atomic E-state index is 0.213. The molecule has 1 aromatic rings. The number of nitrogens with one attached hydrogen (secondary N) is 2. The summed E-state index contributed by atoms with van der Waals surface area (Å²) in [6, 6.07) is -0.946. The van der Waals surface area contributed by atoms with Crippen molar-refractivity contribution in [1.29, 1.82) is 0 Å². The molecule has 0 unspecified atom stereocenters. The van der Waals surface area contributed by atoms with E-state index < -0.39 is 23.6 Å². The van der Waals surface area contributed by atoms with E-state index in [0.29, 0.717) is 18.5 Å². The predicted octanol–water partition coefficient (Wildman–Crippen LogP) is 1.17. The highest BCUT2D eigenvalue weighted by molar-refractivity contribution is 7.98. The molecule has 7 nitrogen and oxygen atoms in total. The Balaban J connectivity index is 3.02. The molecule has 0 aliphatic heterocycles. The van der Waals surface area contributed by atoms with Crippen molar-refractivity contribution in [1.82, 2.24) is 15.3 Å². The lowest BCUT2D eigenvalue weighted by Crippen LogP contribution is -2.41. The summed E-state index contributed by atoms with van der Waals surface area (Å²) in [4.78, 5) is 41.0. The maximum atomic E-state index is 12.3. The second kappa shape index (κ2) is 7.82. The summed E-state index contributed by atoms with van der Waals surface area (Å²) < 4.78 is 0. The Bertz CT molecular complexity index is 585. The van der Waals surface area contributed by atoms with E-state index in [1.807, 2.05) is 6.92 Å². The second-order valence-corrected chi connectivity index (χ2v) is 5.35. The summed E-state index contributed by atoms with van der Waals surface area (Å²) in [5.41, 5.74) is 0.0514. The van der Waals surface area contributed by atoms with Crippen molar-refractivity contribution in [3.63, 3.8) is 0 Å². The molecule has 0 aliphatic carbocycles. The number of rotatable bonds is 7. The van der Waals surface area contributed by atoms with Crippen LogP contribution in [0.15, 0.2) is 9.82 Å². The van der Waals surface area contributed by atoms with E-state index in [9.17, 15) is 14.4 Å². The lowest BCUT2D eigenvalue weighted by atomic mass is 10.1. The number of carbonyl (C=O) groups excluding carboxylic acids is 1. The molecule has 0 saturated heterocycles. The monoisotopic (exact) mass is 313 g/mol. The number of H-pyrrole nitrogens is 1. The van der Waals surface area contributed by atoms with E-state index in [1.54, 1.807) is 13.2 Å². The molecule has 0 aromatic carbocycles. The standard InChI is InChI=1S/C13H19N3O4S/c1-4-5-6-8(12(18)19)15-10(17)9-7(2)14-13(20)16-11(9)21-3/h8H,4-6H2,1-3H3,(H,15,17)(H,18,19)(H,14,16,20)/t8-/m0/s1. The number of unbranched alkanes of at least 4 members (excludes halogenated alkanes) is 1. The van der Waals surface area contributed by atoms with Gasteiger partial charge in [-0.05, 0) is 19.6 Å². The van der Waals surface area contributed by atoms with Crippen LogP contribution >= 0.6 is 11.8 Å². The van der Waals surface area contributed by atoms with E-state index in [-0.39, 0.29) is 10.6 Å². The van der Waals surface area contributed by atoms with Gasteiger partial charge in [0.05, 0.1) is 5.56 Å². The molecule has 0 fully saturated rings. The molecule has 1 aromatic heterocycles. The SMILES string of the molecule is CCCC[C@H](NC(=O)c1c(SC)nc(=O)[nH]c1C)C(=O)O. The van der Waals surface area contributed by atoms with Crippen molar-refractivity contribution >= 4 is 23.6 Å². The molecular weight excluding hydrogens is 294 g/mol. The van der Waals surface area contributed by atoms with Crippen molar-refractivity contribution in [3.05, 3.63) is 21.7 Å².